The maximum absolute atomic E-state index is 12.9. The number of halogens is 2. The average molecular weight is 249 g/mol. The van der Waals surface area contributed by atoms with E-state index >= 15 is 0 Å². The third-order valence-corrected chi connectivity index (χ3v) is 1.76. The van der Waals surface area contributed by atoms with Gasteiger partial charge in [0.05, 0.1) is 27.3 Å². The molecule has 0 atom stereocenters. The standard InChI is InChI=1S/C8H13F2N5O2/c1-16-6-13-5(14-7(15-6)17-2)12-4-8(9,10)3-11/h3-4,11H2,1-2H3,(H,12,13,14,15). The van der Waals surface area contributed by atoms with Gasteiger partial charge in [0.15, 0.2) is 0 Å². The first-order valence-corrected chi connectivity index (χ1v) is 4.66. The van der Waals surface area contributed by atoms with Crippen LogP contribution in [0.15, 0.2) is 0 Å². The molecule has 0 spiro atoms. The van der Waals surface area contributed by atoms with Crippen molar-refractivity contribution >= 4 is 5.95 Å². The van der Waals surface area contributed by atoms with Gasteiger partial charge in [-0.25, -0.2) is 8.78 Å². The number of aromatic nitrogens is 3. The molecule has 0 aliphatic rings. The molecule has 17 heavy (non-hydrogen) atoms. The van der Waals surface area contributed by atoms with Gasteiger partial charge < -0.3 is 20.5 Å². The molecule has 0 saturated heterocycles. The largest absolute Gasteiger partial charge is 0.467 e. The molecule has 0 amide bonds. The molecular formula is C8H13F2N5O2. The lowest BCUT2D eigenvalue weighted by Crippen LogP contribution is -2.35. The summed E-state index contributed by atoms with van der Waals surface area (Å²) in [5, 5.41) is 2.33. The highest BCUT2D eigenvalue weighted by Gasteiger charge is 2.26. The van der Waals surface area contributed by atoms with Crippen LogP contribution in [0, 0.1) is 0 Å². The first-order valence-electron chi connectivity index (χ1n) is 4.66. The topological polar surface area (TPSA) is 95.2 Å². The van der Waals surface area contributed by atoms with E-state index in [2.05, 4.69) is 20.3 Å². The minimum absolute atomic E-state index is 0.0320. The van der Waals surface area contributed by atoms with E-state index in [1.54, 1.807) is 0 Å². The Labute approximate surface area is 96.4 Å². The number of methoxy groups -OCH3 is 2. The SMILES string of the molecule is COc1nc(NCC(F)(F)CN)nc(OC)n1. The summed E-state index contributed by atoms with van der Waals surface area (Å²) in [6, 6.07) is -0.0640. The Morgan fingerprint density at radius 1 is 1.18 bits per heavy atom. The minimum atomic E-state index is -3.03. The van der Waals surface area contributed by atoms with Crippen molar-refractivity contribution in [3.63, 3.8) is 0 Å². The summed E-state index contributed by atoms with van der Waals surface area (Å²) in [7, 11) is 2.68. The molecule has 0 unspecified atom stereocenters. The summed E-state index contributed by atoms with van der Waals surface area (Å²) in [6.45, 7) is -1.45. The number of rotatable bonds is 6. The van der Waals surface area contributed by atoms with Gasteiger partial charge in [0.25, 0.3) is 5.92 Å². The Morgan fingerprint density at radius 2 is 1.71 bits per heavy atom. The molecule has 7 nitrogen and oxygen atoms in total. The van der Waals surface area contributed by atoms with Crippen LogP contribution < -0.4 is 20.5 Å². The molecule has 0 radical (unpaired) electrons. The maximum atomic E-state index is 12.9. The molecule has 0 aromatic carbocycles. The highest BCUT2D eigenvalue weighted by molar-refractivity contribution is 5.27. The predicted octanol–water partition coefficient (Wildman–Crippen LogP) is -0.105. The Hall–Kier alpha value is -1.77. The first kappa shape index (κ1) is 13.3. The van der Waals surface area contributed by atoms with Gasteiger partial charge in [0.2, 0.25) is 5.95 Å². The van der Waals surface area contributed by atoms with E-state index < -0.39 is 19.0 Å². The van der Waals surface area contributed by atoms with Gasteiger partial charge in [-0.3, -0.25) is 0 Å². The van der Waals surface area contributed by atoms with E-state index in [1.165, 1.54) is 14.2 Å². The number of ether oxygens (including phenoxy) is 2. The highest BCUT2D eigenvalue weighted by atomic mass is 19.3. The molecule has 0 aliphatic heterocycles. The van der Waals surface area contributed by atoms with Crippen LogP contribution in [0.5, 0.6) is 12.0 Å². The van der Waals surface area contributed by atoms with Crippen molar-refractivity contribution in [3.05, 3.63) is 0 Å². The molecule has 1 aromatic rings. The highest BCUT2D eigenvalue weighted by Crippen LogP contribution is 2.15. The summed E-state index contributed by atoms with van der Waals surface area (Å²) < 4.78 is 35.3. The Kier molecular flexibility index (Phi) is 4.32. The van der Waals surface area contributed by atoms with Crippen molar-refractivity contribution in [2.45, 2.75) is 5.92 Å². The normalized spacial score (nSPS) is 11.1. The predicted molar refractivity (Wildman–Crippen MR) is 55.4 cm³/mol. The second-order valence-corrected chi connectivity index (χ2v) is 3.05. The fraction of sp³-hybridized carbons (Fsp3) is 0.625. The van der Waals surface area contributed by atoms with Crippen LogP contribution in [0.1, 0.15) is 0 Å². The quantitative estimate of drug-likeness (QED) is 0.726. The summed E-state index contributed by atoms with van der Waals surface area (Å²) in [6.07, 6.45) is 0. The van der Waals surface area contributed by atoms with Crippen molar-refractivity contribution in [3.8, 4) is 12.0 Å². The van der Waals surface area contributed by atoms with Gasteiger partial charge in [-0.15, -0.1) is 4.98 Å². The molecule has 0 bridgehead atoms. The maximum Gasteiger partial charge on any atom is 0.324 e. The second-order valence-electron chi connectivity index (χ2n) is 3.05. The third-order valence-electron chi connectivity index (χ3n) is 1.76. The van der Waals surface area contributed by atoms with E-state index in [9.17, 15) is 8.78 Å². The van der Waals surface area contributed by atoms with Crippen LogP contribution in [0.25, 0.3) is 0 Å². The number of hydrogen-bond donors (Lipinski definition) is 2. The number of alkyl halides is 2. The average Bonchev–Trinajstić information content (AvgIpc) is 2.36. The zero-order chi connectivity index (χ0) is 12.9. The van der Waals surface area contributed by atoms with Gasteiger partial charge in [0.1, 0.15) is 0 Å². The van der Waals surface area contributed by atoms with Crippen LogP contribution in [-0.4, -0.2) is 48.2 Å². The Bertz CT molecular complexity index is 355. The lowest BCUT2D eigenvalue weighted by molar-refractivity contribution is 0.0252. The molecule has 1 rings (SSSR count). The Balaban J connectivity index is 2.76. The molecule has 1 heterocycles. The number of nitrogens with one attached hydrogen (secondary N) is 1. The number of anilines is 1. The second kappa shape index (κ2) is 5.53. The van der Waals surface area contributed by atoms with E-state index in [1.807, 2.05) is 0 Å². The fourth-order valence-electron chi connectivity index (χ4n) is 0.880. The molecule has 0 aliphatic carbocycles. The molecule has 9 heteroatoms. The minimum Gasteiger partial charge on any atom is -0.467 e. The van der Waals surface area contributed by atoms with Crippen LogP contribution >= 0.6 is 0 Å². The summed E-state index contributed by atoms with van der Waals surface area (Å²) in [5.74, 6) is -3.10. The Morgan fingerprint density at radius 3 is 2.12 bits per heavy atom. The van der Waals surface area contributed by atoms with Crippen LogP contribution in [0.2, 0.25) is 0 Å². The molecule has 0 fully saturated rings. The molecule has 96 valence electrons. The summed E-state index contributed by atoms with van der Waals surface area (Å²) in [4.78, 5) is 11.2. The number of nitrogens with zero attached hydrogens (tertiary/aromatic N) is 3. The lowest BCUT2D eigenvalue weighted by atomic mass is 10.3. The van der Waals surface area contributed by atoms with Crippen molar-refractivity contribution in [2.24, 2.45) is 5.73 Å². The van der Waals surface area contributed by atoms with Crippen molar-refractivity contribution in [2.75, 3.05) is 32.6 Å². The van der Waals surface area contributed by atoms with Crippen molar-refractivity contribution in [1.29, 1.82) is 0 Å². The van der Waals surface area contributed by atoms with Crippen LogP contribution in [-0.2, 0) is 0 Å². The smallest absolute Gasteiger partial charge is 0.324 e. The fourth-order valence-corrected chi connectivity index (χ4v) is 0.880. The number of nitrogens with two attached hydrogens (primary N) is 1. The lowest BCUT2D eigenvalue weighted by Gasteiger charge is -2.14. The van der Waals surface area contributed by atoms with E-state index in [4.69, 9.17) is 15.2 Å². The van der Waals surface area contributed by atoms with Crippen LogP contribution in [0.3, 0.4) is 0 Å². The van der Waals surface area contributed by atoms with Crippen molar-refractivity contribution < 1.29 is 18.3 Å². The zero-order valence-corrected chi connectivity index (χ0v) is 9.41. The van der Waals surface area contributed by atoms with E-state index in [-0.39, 0.29) is 18.0 Å². The van der Waals surface area contributed by atoms with Crippen LogP contribution in [0.4, 0.5) is 14.7 Å². The van der Waals surface area contributed by atoms with E-state index in [0.717, 1.165) is 0 Å². The molecule has 3 N–H and O–H groups in total. The van der Waals surface area contributed by atoms with Crippen molar-refractivity contribution in [1.82, 2.24) is 15.0 Å². The summed E-state index contributed by atoms with van der Waals surface area (Å²) >= 11 is 0. The van der Waals surface area contributed by atoms with Gasteiger partial charge >= 0.3 is 12.0 Å². The zero-order valence-electron chi connectivity index (χ0n) is 9.41. The van der Waals surface area contributed by atoms with Gasteiger partial charge in [0, 0.05) is 0 Å². The van der Waals surface area contributed by atoms with Gasteiger partial charge in [-0.2, -0.15) is 9.97 Å². The van der Waals surface area contributed by atoms with Gasteiger partial charge in [-0.05, 0) is 0 Å². The first-order chi connectivity index (χ1) is 8.00. The monoisotopic (exact) mass is 249 g/mol. The number of hydrogen-bond acceptors (Lipinski definition) is 7. The van der Waals surface area contributed by atoms with Gasteiger partial charge in [-0.1, -0.05) is 0 Å². The molecular weight excluding hydrogens is 236 g/mol. The molecule has 0 saturated carbocycles. The molecule has 1 aromatic heterocycles. The summed E-state index contributed by atoms with van der Waals surface area (Å²) in [5.41, 5.74) is 4.89. The van der Waals surface area contributed by atoms with E-state index in [0.29, 0.717) is 0 Å². The third kappa shape index (κ3) is 3.94.